The van der Waals surface area contributed by atoms with Crippen LogP contribution in [-0.2, 0) is 11.2 Å². The smallest absolute Gasteiger partial charge is 0.220 e. The Kier molecular flexibility index (Phi) is 7.36. The zero-order chi connectivity index (χ0) is 20.8. The van der Waals surface area contributed by atoms with Gasteiger partial charge in [0.1, 0.15) is 0 Å². The topological polar surface area (TPSA) is 71.6 Å². The number of amides is 1. The molecule has 0 aliphatic carbocycles. The van der Waals surface area contributed by atoms with Crippen molar-refractivity contribution in [3.05, 3.63) is 58.6 Å². The number of nitrogens with one attached hydrogen (secondary N) is 3. The number of benzene rings is 2. The first-order valence-corrected chi connectivity index (χ1v) is 10.1. The Hall–Kier alpha value is -2.28. The average molecular weight is 418 g/mol. The van der Waals surface area contributed by atoms with Crippen LogP contribution in [0.1, 0.15) is 30.5 Å². The highest BCUT2D eigenvalue weighted by molar-refractivity contribution is 6.30. The predicted molar refractivity (Wildman–Crippen MR) is 114 cm³/mol. The summed E-state index contributed by atoms with van der Waals surface area (Å²) in [6, 6.07) is 13.8. The molecule has 3 atom stereocenters. The van der Waals surface area contributed by atoms with Gasteiger partial charge in [-0.1, -0.05) is 29.8 Å². The maximum Gasteiger partial charge on any atom is 0.220 e. The number of carbonyl (C=O) groups is 1. The number of hydrogen-bond donors (Lipinski definition) is 3. The fourth-order valence-electron chi connectivity index (χ4n) is 3.69. The molecule has 1 aliphatic rings. The van der Waals surface area contributed by atoms with Crippen molar-refractivity contribution in [1.82, 2.24) is 16.2 Å². The molecule has 6 nitrogen and oxygen atoms in total. The molecule has 156 valence electrons. The molecule has 0 radical (unpaired) electrons. The van der Waals surface area contributed by atoms with Crippen LogP contribution in [0.4, 0.5) is 0 Å². The van der Waals surface area contributed by atoms with Crippen molar-refractivity contribution in [3.63, 3.8) is 0 Å². The Balaban J connectivity index is 1.53. The molecule has 3 N–H and O–H groups in total. The molecule has 3 rings (SSSR count). The minimum Gasteiger partial charge on any atom is -0.493 e. The lowest BCUT2D eigenvalue weighted by molar-refractivity contribution is -0.122. The summed E-state index contributed by atoms with van der Waals surface area (Å²) in [6.45, 7) is 2.66. The zero-order valence-electron chi connectivity index (χ0n) is 17.0. The molecule has 1 amide bonds. The van der Waals surface area contributed by atoms with E-state index in [1.54, 1.807) is 14.2 Å². The minimum atomic E-state index is 0.0480. The zero-order valence-corrected chi connectivity index (χ0v) is 17.8. The van der Waals surface area contributed by atoms with Crippen LogP contribution < -0.4 is 25.6 Å². The first kappa shape index (κ1) is 21.4. The second-order valence-electron chi connectivity index (χ2n) is 7.26. The summed E-state index contributed by atoms with van der Waals surface area (Å²) in [5, 5.41) is 3.74. The molecule has 0 bridgehead atoms. The van der Waals surface area contributed by atoms with Crippen molar-refractivity contribution in [1.29, 1.82) is 0 Å². The minimum absolute atomic E-state index is 0.0480. The molecule has 2 aromatic carbocycles. The molecule has 0 aromatic heterocycles. The summed E-state index contributed by atoms with van der Waals surface area (Å²) in [7, 11) is 3.23. The van der Waals surface area contributed by atoms with Crippen molar-refractivity contribution in [2.75, 3.05) is 20.8 Å². The van der Waals surface area contributed by atoms with Gasteiger partial charge in [-0.05, 0) is 48.7 Å². The number of ether oxygens (including phenoxy) is 2. The first-order valence-electron chi connectivity index (χ1n) is 9.76. The number of hydrogen-bond acceptors (Lipinski definition) is 5. The number of carbonyl (C=O) groups excluding carboxylic acids is 1. The van der Waals surface area contributed by atoms with E-state index in [0.29, 0.717) is 29.5 Å². The van der Waals surface area contributed by atoms with Gasteiger partial charge in [-0.15, -0.1) is 0 Å². The van der Waals surface area contributed by atoms with E-state index in [4.69, 9.17) is 21.1 Å². The van der Waals surface area contributed by atoms with Crippen LogP contribution in [0.15, 0.2) is 42.5 Å². The quantitative estimate of drug-likeness (QED) is 0.615. The fourth-order valence-corrected chi connectivity index (χ4v) is 3.81. The summed E-state index contributed by atoms with van der Waals surface area (Å²) in [4.78, 5) is 12.6. The Bertz CT molecular complexity index is 829. The second kappa shape index (κ2) is 9.96. The SMILES string of the molecule is COc1ccc(CCNC(=O)CC2C(C)NNC2c2ccc(Cl)cc2)cc1OC. The molecule has 29 heavy (non-hydrogen) atoms. The van der Waals surface area contributed by atoms with E-state index in [1.807, 2.05) is 42.5 Å². The Morgan fingerprint density at radius 2 is 1.79 bits per heavy atom. The molecule has 3 unspecified atom stereocenters. The van der Waals surface area contributed by atoms with Crippen molar-refractivity contribution in [3.8, 4) is 11.5 Å². The van der Waals surface area contributed by atoms with Gasteiger partial charge in [-0.25, -0.2) is 5.43 Å². The van der Waals surface area contributed by atoms with E-state index < -0.39 is 0 Å². The molecular weight excluding hydrogens is 390 g/mol. The average Bonchev–Trinajstić information content (AvgIpc) is 3.08. The van der Waals surface area contributed by atoms with Crippen LogP contribution in [0.3, 0.4) is 0 Å². The summed E-state index contributed by atoms with van der Waals surface area (Å²) in [6.07, 6.45) is 1.17. The third kappa shape index (κ3) is 5.41. The van der Waals surface area contributed by atoms with Gasteiger partial charge >= 0.3 is 0 Å². The van der Waals surface area contributed by atoms with Gasteiger partial charge in [0.15, 0.2) is 11.5 Å². The molecule has 0 spiro atoms. The van der Waals surface area contributed by atoms with Crippen molar-refractivity contribution in [2.24, 2.45) is 5.92 Å². The van der Waals surface area contributed by atoms with Crippen LogP contribution in [0.2, 0.25) is 5.02 Å². The van der Waals surface area contributed by atoms with Crippen LogP contribution in [-0.4, -0.2) is 32.7 Å². The summed E-state index contributed by atoms with van der Waals surface area (Å²) in [5.41, 5.74) is 8.76. The standard InChI is InChI=1S/C22H28ClN3O3/c1-14-18(22(26-25-14)16-5-7-17(23)8-6-16)13-21(27)24-11-10-15-4-9-19(28-2)20(12-15)29-3/h4-9,12,14,18,22,25-26H,10-11,13H2,1-3H3,(H,24,27). The van der Waals surface area contributed by atoms with E-state index >= 15 is 0 Å². The van der Waals surface area contributed by atoms with E-state index in [0.717, 1.165) is 17.5 Å². The highest BCUT2D eigenvalue weighted by Gasteiger charge is 2.35. The Labute approximate surface area is 176 Å². The van der Waals surface area contributed by atoms with Gasteiger partial charge in [-0.3, -0.25) is 10.2 Å². The fraction of sp³-hybridized carbons (Fsp3) is 0.409. The summed E-state index contributed by atoms with van der Waals surface area (Å²) < 4.78 is 10.6. The van der Waals surface area contributed by atoms with Crippen LogP contribution in [0.25, 0.3) is 0 Å². The largest absolute Gasteiger partial charge is 0.493 e. The van der Waals surface area contributed by atoms with E-state index in [9.17, 15) is 4.79 Å². The lowest BCUT2D eigenvalue weighted by atomic mass is 9.87. The van der Waals surface area contributed by atoms with Gasteiger partial charge in [0.2, 0.25) is 5.91 Å². The molecule has 1 aliphatic heterocycles. The first-order chi connectivity index (χ1) is 14.0. The predicted octanol–water partition coefficient (Wildman–Crippen LogP) is 3.26. The van der Waals surface area contributed by atoms with Crippen molar-refractivity contribution >= 4 is 17.5 Å². The number of rotatable bonds is 8. The normalized spacial score (nSPS) is 21.0. The van der Waals surface area contributed by atoms with Crippen molar-refractivity contribution in [2.45, 2.75) is 31.8 Å². The molecule has 1 fully saturated rings. The van der Waals surface area contributed by atoms with Gasteiger partial charge in [0, 0.05) is 29.9 Å². The third-order valence-electron chi connectivity index (χ3n) is 5.37. The number of methoxy groups -OCH3 is 2. The monoisotopic (exact) mass is 417 g/mol. The van der Waals surface area contributed by atoms with Gasteiger partial charge in [-0.2, -0.15) is 0 Å². The van der Waals surface area contributed by atoms with Gasteiger partial charge < -0.3 is 14.8 Å². The summed E-state index contributed by atoms with van der Waals surface area (Å²) in [5.74, 6) is 1.59. The van der Waals surface area contributed by atoms with Gasteiger partial charge in [0.05, 0.1) is 20.3 Å². The Morgan fingerprint density at radius 1 is 1.07 bits per heavy atom. The van der Waals surface area contributed by atoms with E-state index in [2.05, 4.69) is 23.1 Å². The molecular formula is C22H28ClN3O3. The number of halogens is 1. The maximum absolute atomic E-state index is 12.6. The van der Waals surface area contributed by atoms with E-state index in [1.165, 1.54) is 0 Å². The highest BCUT2D eigenvalue weighted by atomic mass is 35.5. The third-order valence-corrected chi connectivity index (χ3v) is 5.62. The molecule has 0 saturated carbocycles. The molecule has 1 saturated heterocycles. The van der Waals surface area contributed by atoms with Gasteiger partial charge in [0.25, 0.3) is 0 Å². The molecule has 1 heterocycles. The number of hydrazine groups is 1. The van der Waals surface area contributed by atoms with Crippen LogP contribution in [0, 0.1) is 5.92 Å². The highest BCUT2D eigenvalue weighted by Crippen LogP contribution is 2.32. The van der Waals surface area contributed by atoms with Crippen molar-refractivity contribution < 1.29 is 14.3 Å². The van der Waals surface area contributed by atoms with E-state index in [-0.39, 0.29) is 23.9 Å². The Morgan fingerprint density at radius 3 is 2.48 bits per heavy atom. The molecule has 7 heteroatoms. The molecule has 2 aromatic rings. The second-order valence-corrected chi connectivity index (χ2v) is 7.70. The summed E-state index contributed by atoms with van der Waals surface area (Å²) >= 11 is 6.00. The van der Waals surface area contributed by atoms with Crippen LogP contribution in [0.5, 0.6) is 11.5 Å². The van der Waals surface area contributed by atoms with Crippen LogP contribution >= 0.6 is 11.6 Å². The lowest BCUT2D eigenvalue weighted by Crippen LogP contribution is -2.32. The maximum atomic E-state index is 12.6. The lowest BCUT2D eigenvalue weighted by Gasteiger charge is -2.21.